The maximum Gasteiger partial charge on any atom is 0.00698 e. The number of hydrogen-bond donors (Lipinski definition) is 1. The van der Waals surface area contributed by atoms with Crippen LogP contribution in [-0.4, -0.2) is 6.04 Å². The van der Waals surface area contributed by atoms with Gasteiger partial charge in [0.1, 0.15) is 0 Å². The molecule has 2 N–H and O–H groups in total. The molecular weight excluding hydrogens is 110 g/mol. The summed E-state index contributed by atoms with van der Waals surface area (Å²) in [4.78, 5) is 0. The summed E-state index contributed by atoms with van der Waals surface area (Å²) >= 11 is 0. The summed E-state index contributed by atoms with van der Waals surface area (Å²) in [6, 6.07) is 0.458. The Morgan fingerprint density at radius 3 is 2.22 bits per heavy atom. The van der Waals surface area contributed by atoms with Gasteiger partial charge in [-0.1, -0.05) is 20.8 Å². The Morgan fingerprint density at radius 1 is 1.67 bits per heavy atom. The zero-order valence-electron chi connectivity index (χ0n) is 6.65. The predicted molar refractivity (Wildman–Crippen MR) is 40.2 cm³/mol. The van der Waals surface area contributed by atoms with E-state index in [9.17, 15) is 0 Å². The Hall–Kier alpha value is -0.0400. The van der Waals surface area contributed by atoms with Crippen molar-refractivity contribution >= 4 is 0 Å². The van der Waals surface area contributed by atoms with Crippen LogP contribution in [0.15, 0.2) is 0 Å². The summed E-state index contributed by atoms with van der Waals surface area (Å²) in [6.07, 6.45) is 2.47. The zero-order valence-corrected chi connectivity index (χ0v) is 6.65. The third-order valence-electron chi connectivity index (χ3n) is 2.58. The van der Waals surface area contributed by atoms with E-state index in [0.29, 0.717) is 11.5 Å². The second-order valence-corrected chi connectivity index (χ2v) is 3.87. The minimum absolute atomic E-state index is 0.458. The molecular formula is C8H17N. The molecule has 1 heteroatoms. The fraction of sp³-hybridized carbons (Fsp3) is 1.00. The molecule has 1 fully saturated rings. The third kappa shape index (κ3) is 1.26. The van der Waals surface area contributed by atoms with E-state index < -0.39 is 0 Å². The molecule has 2 atom stereocenters. The van der Waals surface area contributed by atoms with Crippen LogP contribution in [0.25, 0.3) is 0 Å². The highest BCUT2D eigenvalue weighted by Gasteiger charge is 2.48. The Kier molecular flexibility index (Phi) is 1.55. The van der Waals surface area contributed by atoms with Gasteiger partial charge in [-0.3, -0.25) is 0 Å². The quantitative estimate of drug-likeness (QED) is 0.601. The van der Waals surface area contributed by atoms with Gasteiger partial charge in [-0.2, -0.15) is 0 Å². The van der Waals surface area contributed by atoms with Gasteiger partial charge in [-0.05, 0) is 24.2 Å². The van der Waals surface area contributed by atoms with E-state index in [1.54, 1.807) is 0 Å². The first-order valence-corrected chi connectivity index (χ1v) is 3.83. The SMILES string of the molecule is CC[C@@H](N)[C@@H]1CC1(C)C. The molecule has 0 radical (unpaired) electrons. The van der Waals surface area contributed by atoms with Crippen LogP contribution in [0.2, 0.25) is 0 Å². The van der Waals surface area contributed by atoms with Gasteiger partial charge in [0.2, 0.25) is 0 Å². The molecule has 1 aliphatic rings. The van der Waals surface area contributed by atoms with E-state index >= 15 is 0 Å². The van der Waals surface area contributed by atoms with E-state index in [1.807, 2.05) is 0 Å². The second kappa shape index (κ2) is 1.98. The molecule has 1 nitrogen and oxygen atoms in total. The lowest BCUT2D eigenvalue weighted by Crippen LogP contribution is -2.23. The van der Waals surface area contributed by atoms with Gasteiger partial charge in [-0.25, -0.2) is 0 Å². The third-order valence-corrected chi connectivity index (χ3v) is 2.58. The van der Waals surface area contributed by atoms with Crippen molar-refractivity contribution in [3.63, 3.8) is 0 Å². The summed E-state index contributed by atoms with van der Waals surface area (Å²) in [5.41, 5.74) is 6.42. The molecule has 1 saturated carbocycles. The average molecular weight is 127 g/mol. The van der Waals surface area contributed by atoms with Crippen molar-refractivity contribution in [1.82, 2.24) is 0 Å². The van der Waals surface area contributed by atoms with Gasteiger partial charge >= 0.3 is 0 Å². The summed E-state index contributed by atoms with van der Waals surface area (Å²) in [6.45, 7) is 6.76. The van der Waals surface area contributed by atoms with Gasteiger partial charge < -0.3 is 5.73 Å². The minimum atomic E-state index is 0.458. The van der Waals surface area contributed by atoms with Crippen LogP contribution < -0.4 is 5.73 Å². The molecule has 0 spiro atoms. The van der Waals surface area contributed by atoms with Crippen LogP contribution in [0.1, 0.15) is 33.6 Å². The van der Waals surface area contributed by atoms with Gasteiger partial charge in [0.15, 0.2) is 0 Å². The lowest BCUT2D eigenvalue weighted by atomic mass is 10.0. The minimum Gasteiger partial charge on any atom is -0.327 e. The summed E-state index contributed by atoms with van der Waals surface area (Å²) in [7, 11) is 0. The van der Waals surface area contributed by atoms with E-state index in [2.05, 4.69) is 20.8 Å². The molecule has 0 bridgehead atoms. The van der Waals surface area contributed by atoms with Crippen molar-refractivity contribution in [1.29, 1.82) is 0 Å². The van der Waals surface area contributed by atoms with Crippen LogP contribution in [0.3, 0.4) is 0 Å². The van der Waals surface area contributed by atoms with E-state index in [-0.39, 0.29) is 0 Å². The first-order valence-electron chi connectivity index (χ1n) is 3.83. The Bertz CT molecular complexity index is 107. The highest BCUT2D eigenvalue weighted by Crippen LogP contribution is 2.53. The largest absolute Gasteiger partial charge is 0.327 e. The topological polar surface area (TPSA) is 26.0 Å². The molecule has 0 saturated heterocycles. The van der Waals surface area contributed by atoms with Gasteiger partial charge in [0, 0.05) is 6.04 Å². The van der Waals surface area contributed by atoms with Crippen molar-refractivity contribution in [3.05, 3.63) is 0 Å². The van der Waals surface area contributed by atoms with E-state index in [1.165, 1.54) is 6.42 Å². The van der Waals surface area contributed by atoms with Crippen LogP contribution in [0.5, 0.6) is 0 Å². The summed E-state index contributed by atoms with van der Waals surface area (Å²) < 4.78 is 0. The zero-order chi connectivity index (χ0) is 7.07. The highest BCUT2D eigenvalue weighted by molar-refractivity contribution is 5.00. The maximum atomic E-state index is 5.85. The average Bonchev–Trinajstić information content (AvgIpc) is 2.38. The lowest BCUT2D eigenvalue weighted by molar-refractivity contribution is 0.469. The fourth-order valence-electron chi connectivity index (χ4n) is 1.52. The smallest absolute Gasteiger partial charge is 0.00698 e. The van der Waals surface area contributed by atoms with Gasteiger partial charge in [0.05, 0.1) is 0 Å². The summed E-state index contributed by atoms with van der Waals surface area (Å²) in [5.74, 6) is 0.808. The van der Waals surface area contributed by atoms with E-state index in [4.69, 9.17) is 5.73 Å². The molecule has 0 aromatic heterocycles. The molecule has 0 aliphatic heterocycles. The Labute approximate surface area is 57.6 Å². The number of rotatable bonds is 2. The van der Waals surface area contributed by atoms with Crippen molar-refractivity contribution in [2.24, 2.45) is 17.1 Å². The normalized spacial score (nSPS) is 34.0. The number of nitrogens with two attached hydrogens (primary N) is 1. The van der Waals surface area contributed by atoms with Gasteiger partial charge in [0.25, 0.3) is 0 Å². The first kappa shape index (κ1) is 7.07. The molecule has 1 rings (SSSR count). The fourth-order valence-corrected chi connectivity index (χ4v) is 1.52. The molecule has 1 aliphatic carbocycles. The van der Waals surface area contributed by atoms with Crippen molar-refractivity contribution in [2.45, 2.75) is 39.7 Å². The van der Waals surface area contributed by atoms with Crippen molar-refractivity contribution in [3.8, 4) is 0 Å². The molecule has 0 unspecified atom stereocenters. The van der Waals surface area contributed by atoms with E-state index in [0.717, 1.165) is 12.3 Å². The van der Waals surface area contributed by atoms with Crippen LogP contribution in [0, 0.1) is 11.3 Å². The standard InChI is InChI=1S/C8H17N/c1-4-7(9)6-5-8(6,2)3/h6-7H,4-5,9H2,1-3H3/t6-,7+/m0/s1. The first-order chi connectivity index (χ1) is 4.08. The molecule has 54 valence electrons. The molecule has 0 aromatic carbocycles. The predicted octanol–water partition coefficient (Wildman–Crippen LogP) is 1.77. The second-order valence-electron chi connectivity index (χ2n) is 3.87. The monoisotopic (exact) mass is 127 g/mol. The van der Waals surface area contributed by atoms with Crippen molar-refractivity contribution in [2.75, 3.05) is 0 Å². The Balaban J connectivity index is 2.33. The molecule has 0 amide bonds. The van der Waals surface area contributed by atoms with Crippen LogP contribution >= 0.6 is 0 Å². The molecule has 0 heterocycles. The Morgan fingerprint density at radius 2 is 2.11 bits per heavy atom. The molecule has 9 heavy (non-hydrogen) atoms. The molecule has 0 aromatic rings. The summed E-state index contributed by atoms with van der Waals surface area (Å²) in [5, 5.41) is 0. The van der Waals surface area contributed by atoms with Crippen molar-refractivity contribution < 1.29 is 0 Å². The maximum absolute atomic E-state index is 5.85. The van der Waals surface area contributed by atoms with Crippen LogP contribution in [0.4, 0.5) is 0 Å². The number of hydrogen-bond acceptors (Lipinski definition) is 1. The van der Waals surface area contributed by atoms with Gasteiger partial charge in [-0.15, -0.1) is 0 Å². The highest BCUT2D eigenvalue weighted by atomic mass is 14.7. The lowest BCUT2D eigenvalue weighted by Gasteiger charge is -2.09. The van der Waals surface area contributed by atoms with Crippen LogP contribution in [-0.2, 0) is 0 Å².